The van der Waals surface area contributed by atoms with Crippen LogP contribution >= 0.6 is 0 Å². The van der Waals surface area contributed by atoms with Gasteiger partial charge in [0.05, 0.1) is 11.2 Å². The van der Waals surface area contributed by atoms with Gasteiger partial charge in [0.15, 0.2) is 0 Å². The second-order valence-electron chi connectivity index (χ2n) is 13.9. The Bertz CT molecular complexity index is 1920. The molecular formula is C40H43NO. The molecule has 0 spiro atoms. The van der Waals surface area contributed by atoms with E-state index in [1.165, 1.54) is 38.6 Å². The third-order valence-electron chi connectivity index (χ3n) is 8.69. The van der Waals surface area contributed by atoms with Crippen LogP contribution in [-0.2, 0) is 5.41 Å². The molecule has 6 rings (SSSR count). The van der Waals surface area contributed by atoms with Gasteiger partial charge in [-0.1, -0.05) is 111 Å². The lowest BCUT2D eigenvalue weighted by Gasteiger charge is -2.23. The molecule has 2 heterocycles. The van der Waals surface area contributed by atoms with E-state index in [9.17, 15) is 0 Å². The fraction of sp³-hybridized carbons (Fsp3) is 0.325. The zero-order valence-electron chi connectivity index (χ0n) is 26.6. The van der Waals surface area contributed by atoms with E-state index in [0.717, 1.165) is 38.9 Å². The highest BCUT2D eigenvalue weighted by molar-refractivity contribution is 6.10. The molecule has 0 fully saturated rings. The molecule has 214 valence electrons. The van der Waals surface area contributed by atoms with Crippen LogP contribution in [0, 0.1) is 0 Å². The summed E-state index contributed by atoms with van der Waals surface area (Å²) in [4.78, 5) is 5.30. The number of benzene rings is 4. The number of pyridine rings is 1. The van der Waals surface area contributed by atoms with E-state index in [2.05, 4.69) is 141 Å². The van der Waals surface area contributed by atoms with Crippen LogP contribution in [0.4, 0.5) is 0 Å². The van der Waals surface area contributed by atoms with E-state index in [-0.39, 0.29) is 5.41 Å². The molecular weight excluding hydrogens is 510 g/mol. The molecule has 0 bridgehead atoms. The van der Waals surface area contributed by atoms with Gasteiger partial charge >= 0.3 is 0 Å². The van der Waals surface area contributed by atoms with Crippen LogP contribution in [0.3, 0.4) is 0 Å². The predicted octanol–water partition coefficient (Wildman–Crippen LogP) is 12.1. The van der Waals surface area contributed by atoms with Gasteiger partial charge in [0.1, 0.15) is 11.3 Å². The Kier molecular flexibility index (Phi) is 7.00. The van der Waals surface area contributed by atoms with Gasteiger partial charge in [-0.15, -0.1) is 0 Å². The number of nitrogens with zero attached hydrogens (tertiary/aromatic N) is 1. The normalized spacial score (nSPS) is 12.6. The molecule has 0 aliphatic carbocycles. The van der Waals surface area contributed by atoms with Crippen LogP contribution in [0.15, 0.2) is 83.3 Å². The van der Waals surface area contributed by atoms with Gasteiger partial charge in [-0.05, 0) is 86.5 Å². The number of rotatable bonds is 5. The molecule has 0 unspecified atom stereocenters. The van der Waals surface area contributed by atoms with E-state index in [4.69, 9.17) is 9.40 Å². The van der Waals surface area contributed by atoms with Crippen LogP contribution in [0.1, 0.15) is 102 Å². The zero-order chi connectivity index (χ0) is 29.9. The van der Waals surface area contributed by atoms with Crippen molar-refractivity contribution < 1.29 is 4.42 Å². The highest BCUT2D eigenvalue weighted by Gasteiger charge is 2.25. The summed E-state index contributed by atoms with van der Waals surface area (Å²) < 4.78 is 6.96. The smallest absolute Gasteiger partial charge is 0.146 e. The minimum Gasteiger partial charge on any atom is -0.455 e. The van der Waals surface area contributed by atoms with Crippen molar-refractivity contribution in [2.24, 2.45) is 0 Å². The van der Waals surface area contributed by atoms with E-state index in [1.54, 1.807) is 0 Å². The highest BCUT2D eigenvalue weighted by Crippen LogP contribution is 2.44. The number of furan rings is 1. The largest absolute Gasteiger partial charge is 0.455 e. The van der Waals surface area contributed by atoms with Crippen LogP contribution in [0.25, 0.3) is 55.2 Å². The molecule has 0 aliphatic heterocycles. The molecule has 6 aromatic rings. The Labute approximate surface area is 250 Å². The van der Waals surface area contributed by atoms with Gasteiger partial charge in [-0.25, -0.2) is 4.98 Å². The molecule has 2 aromatic heterocycles. The fourth-order valence-electron chi connectivity index (χ4n) is 6.36. The zero-order valence-corrected chi connectivity index (χ0v) is 26.6. The van der Waals surface area contributed by atoms with Crippen LogP contribution in [0.2, 0.25) is 0 Å². The second kappa shape index (κ2) is 10.4. The quantitative estimate of drug-likeness (QED) is 0.212. The molecule has 4 aromatic carbocycles. The molecule has 0 saturated heterocycles. The summed E-state index contributed by atoms with van der Waals surface area (Å²) in [5, 5.41) is 4.65. The molecule has 0 amide bonds. The summed E-state index contributed by atoms with van der Waals surface area (Å²) >= 11 is 0. The minimum absolute atomic E-state index is 0.0103. The van der Waals surface area contributed by atoms with Crippen LogP contribution < -0.4 is 0 Å². The van der Waals surface area contributed by atoms with Crippen LogP contribution in [-0.4, -0.2) is 4.98 Å². The van der Waals surface area contributed by atoms with Gasteiger partial charge in [0, 0.05) is 21.9 Å². The van der Waals surface area contributed by atoms with Crippen molar-refractivity contribution in [3.63, 3.8) is 0 Å². The number of hydrogen-bond donors (Lipinski definition) is 0. The predicted molar refractivity (Wildman–Crippen MR) is 181 cm³/mol. The standard InChI is InChI=1S/C40H43NO/c1-23(2)27-19-31(24(3)4)37(32(20-27)25(5)6)36-22-33-38(41-35-17-13-12-16-30(35)39(33)42-36)28-18-26-14-10-11-15-29(26)34(21-28)40(7,8)9/h10-25H,1-9H3. The number of hydrogen-bond acceptors (Lipinski definition) is 2. The topological polar surface area (TPSA) is 26.0 Å². The first kappa shape index (κ1) is 28.2. The molecule has 0 atom stereocenters. The minimum atomic E-state index is -0.0103. The number of fused-ring (bicyclic) bond motifs is 4. The monoisotopic (exact) mass is 553 g/mol. The maximum absolute atomic E-state index is 6.96. The van der Waals surface area contributed by atoms with Gasteiger partial charge in [-0.3, -0.25) is 0 Å². The number of para-hydroxylation sites is 1. The first-order valence-corrected chi connectivity index (χ1v) is 15.5. The Morgan fingerprint density at radius 3 is 1.88 bits per heavy atom. The molecule has 0 radical (unpaired) electrons. The Morgan fingerprint density at radius 2 is 1.26 bits per heavy atom. The van der Waals surface area contributed by atoms with Crippen molar-refractivity contribution in [3.05, 3.63) is 101 Å². The lowest BCUT2D eigenvalue weighted by atomic mass is 9.82. The lowest BCUT2D eigenvalue weighted by Crippen LogP contribution is -2.12. The molecule has 2 heteroatoms. The van der Waals surface area contributed by atoms with Crippen molar-refractivity contribution in [2.45, 2.75) is 85.5 Å². The third kappa shape index (κ3) is 4.81. The van der Waals surface area contributed by atoms with Gasteiger partial charge in [-0.2, -0.15) is 0 Å². The van der Waals surface area contributed by atoms with Crippen molar-refractivity contribution >= 4 is 32.6 Å². The van der Waals surface area contributed by atoms with E-state index in [0.29, 0.717) is 17.8 Å². The summed E-state index contributed by atoms with van der Waals surface area (Å²) in [6, 6.07) is 28.8. The first-order valence-electron chi connectivity index (χ1n) is 15.5. The van der Waals surface area contributed by atoms with E-state index >= 15 is 0 Å². The van der Waals surface area contributed by atoms with Crippen LogP contribution in [0.5, 0.6) is 0 Å². The van der Waals surface area contributed by atoms with E-state index in [1.807, 2.05) is 0 Å². The Hall–Kier alpha value is -3.91. The number of aromatic nitrogens is 1. The Morgan fingerprint density at radius 1 is 0.643 bits per heavy atom. The van der Waals surface area contributed by atoms with Gasteiger partial charge < -0.3 is 4.42 Å². The molecule has 0 N–H and O–H groups in total. The first-order chi connectivity index (χ1) is 19.9. The van der Waals surface area contributed by atoms with Gasteiger partial charge in [0.25, 0.3) is 0 Å². The van der Waals surface area contributed by atoms with E-state index < -0.39 is 0 Å². The molecule has 0 aliphatic rings. The SMILES string of the molecule is CC(C)c1cc(C(C)C)c(-c2cc3c(-c4cc(C(C)(C)C)c5ccccc5c4)nc4ccccc4c3o2)c(C(C)C)c1. The molecule has 0 saturated carbocycles. The molecule has 2 nitrogen and oxygen atoms in total. The Balaban J connectivity index is 1.71. The summed E-state index contributed by atoms with van der Waals surface area (Å²) in [7, 11) is 0. The lowest BCUT2D eigenvalue weighted by molar-refractivity contribution is 0.596. The highest BCUT2D eigenvalue weighted by atomic mass is 16.3. The summed E-state index contributed by atoms with van der Waals surface area (Å²) in [5.41, 5.74) is 10.6. The maximum Gasteiger partial charge on any atom is 0.146 e. The van der Waals surface area contributed by atoms with Gasteiger partial charge in [0.2, 0.25) is 0 Å². The third-order valence-corrected chi connectivity index (χ3v) is 8.69. The summed E-state index contributed by atoms with van der Waals surface area (Å²) in [6.45, 7) is 20.6. The van der Waals surface area contributed by atoms with Crippen molar-refractivity contribution in [1.82, 2.24) is 4.98 Å². The van der Waals surface area contributed by atoms with Crippen molar-refractivity contribution in [3.8, 4) is 22.6 Å². The molecule has 42 heavy (non-hydrogen) atoms. The van der Waals surface area contributed by atoms with Crippen molar-refractivity contribution in [1.29, 1.82) is 0 Å². The average Bonchev–Trinajstić information content (AvgIpc) is 3.40. The van der Waals surface area contributed by atoms with Crippen molar-refractivity contribution in [2.75, 3.05) is 0 Å². The maximum atomic E-state index is 6.96. The fourth-order valence-corrected chi connectivity index (χ4v) is 6.36. The summed E-state index contributed by atoms with van der Waals surface area (Å²) in [5.74, 6) is 2.14. The average molecular weight is 554 g/mol. The second-order valence-corrected chi connectivity index (χ2v) is 13.9. The summed E-state index contributed by atoms with van der Waals surface area (Å²) in [6.07, 6.45) is 0.